The van der Waals surface area contributed by atoms with Crippen LogP contribution in [0.15, 0.2) is 77.5 Å². The molecule has 5 nitrogen and oxygen atoms in total. The van der Waals surface area contributed by atoms with Crippen molar-refractivity contribution < 1.29 is 4.42 Å². The Balaban J connectivity index is 1.62. The van der Waals surface area contributed by atoms with Crippen LogP contribution in [0.5, 0.6) is 0 Å². The molecule has 25 heavy (non-hydrogen) atoms. The minimum absolute atomic E-state index is 0.468. The second kappa shape index (κ2) is 5.49. The predicted octanol–water partition coefficient (Wildman–Crippen LogP) is 4.50. The lowest BCUT2D eigenvalue weighted by Crippen LogP contribution is -1.84. The Labute approximate surface area is 143 Å². The summed E-state index contributed by atoms with van der Waals surface area (Å²) in [5.41, 5.74) is 3.38. The average molecular weight is 324 g/mol. The van der Waals surface area contributed by atoms with E-state index < -0.39 is 0 Å². The Morgan fingerprint density at radius 1 is 0.680 bits per heavy atom. The first-order valence-corrected chi connectivity index (χ1v) is 7.91. The Morgan fingerprint density at radius 3 is 2.44 bits per heavy atom. The molecule has 5 aromatic rings. The van der Waals surface area contributed by atoms with Crippen LogP contribution in [0.3, 0.4) is 0 Å². The topological polar surface area (TPSA) is 64.7 Å². The Morgan fingerprint density at radius 2 is 1.48 bits per heavy atom. The highest BCUT2D eigenvalue weighted by Gasteiger charge is 2.13. The molecular formula is C20H12N4O. The summed E-state index contributed by atoms with van der Waals surface area (Å²) in [6.07, 6.45) is 3.34. The number of aromatic nitrogens is 4. The van der Waals surface area contributed by atoms with Gasteiger partial charge in [0.1, 0.15) is 0 Å². The molecule has 2 aromatic heterocycles. The van der Waals surface area contributed by atoms with E-state index in [1.54, 1.807) is 12.4 Å². The zero-order valence-corrected chi connectivity index (χ0v) is 13.1. The van der Waals surface area contributed by atoms with Gasteiger partial charge in [-0.3, -0.25) is 9.97 Å². The monoisotopic (exact) mass is 324 g/mol. The van der Waals surface area contributed by atoms with Gasteiger partial charge in [0.15, 0.2) is 0 Å². The van der Waals surface area contributed by atoms with E-state index in [9.17, 15) is 0 Å². The summed E-state index contributed by atoms with van der Waals surface area (Å²) in [6.45, 7) is 0. The van der Waals surface area contributed by atoms with Crippen LogP contribution in [-0.4, -0.2) is 20.2 Å². The molecule has 0 fully saturated rings. The molecular weight excluding hydrogens is 312 g/mol. The van der Waals surface area contributed by atoms with E-state index in [0.29, 0.717) is 11.8 Å². The Kier molecular flexibility index (Phi) is 3.03. The summed E-state index contributed by atoms with van der Waals surface area (Å²) in [5, 5.41) is 10.7. The van der Waals surface area contributed by atoms with Gasteiger partial charge in [0.2, 0.25) is 11.8 Å². The zero-order valence-electron chi connectivity index (χ0n) is 13.1. The van der Waals surface area contributed by atoms with Crippen molar-refractivity contribution in [1.29, 1.82) is 0 Å². The summed E-state index contributed by atoms with van der Waals surface area (Å²) in [4.78, 5) is 8.59. The molecule has 0 aliphatic carbocycles. The quantitative estimate of drug-likeness (QED) is 0.478. The summed E-state index contributed by atoms with van der Waals surface area (Å²) >= 11 is 0. The van der Waals surface area contributed by atoms with Crippen molar-refractivity contribution in [1.82, 2.24) is 20.2 Å². The highest BCUT2D eigenvalue weighted by Crippen LogP contribution is 2.30. The van der Waals surface area contributed by atoms with Gasteiger partial charge in [-0.15, -0.1) is 10.2 Å². The van der Waals surface area contributed by atoms with E-state index in [2.05, 4.69) is 38.4 Å². The Bertz CT molecular complexity index is 1210. The van der Waals surface area contributed by atoms with Crippen molar-refractivity contribution in [3.63, 3.8) is 0 Å². The summed E-state index contributed by atoms with van der Waals surface area (Å²) < 4.78 is 5.94. The second-order valence-electron chi connectivity index (χ2n) is 5.70. The maximum atomic E-state index is 5.94. The van der Waals surface area contributed by atoms with E-state index in [4.69, 9.17) is 4.42 Å². The fraction of sp³-hybridized carbons (Fsp3) is 0. The molecule has 0 atom stereocenters. The zero-order chi connectivity index (χ0) is 16.6. The van der Waals surface area contributed by atoms with E-state index in [1.165, 1.54) is 0 Å². The van der Waals surface area contributed by atoms with E-state index in [0.717, 1.165) is 32.9 Å². The molecule has 0 amide bonds. The van der Waals surface area contributed by atoms with E-state index in [1.807, 2.05) is 42.5 Å². The van der Waals surface area contributed by atoms with E-state index in [-0.39, 0.29) is 0 Å². The van der Waals surface area contributed by atoms with Crippen LogP contribution in [0.25, 0.3) is 44.7 Å². The van der Waals surface area contributed by atoms with Crippen molar-refractivity contribution in [2.75, 3.05) is 0 Å². The normalized spacial score (nSPS) is 11.2. The number of nitrogens with zero attached hydrogens (tertiary/aromatic N) is 4. The van der Waals surface area contributed by atoms with Gasteiger partial charge >= 0.3 is 0 Å². The molecule has 0 unspecified atom stereocenters. The standard InChI is InChI=1S/C20H12N4O/c1-2-6-15-13(4-1)5-3-7-16(15)20-24-23-19(25-20)14-8-9-17-18(12-14)22-11-10-21-17/h1-12H. The van der Waals surface area contributed by atoms with Crippen LogP contribution in [0, 0.1) is 0 Å². The summed E-state index contributed by atoms with van der Waals surface area (Å²) in [7, 11) is 0. The molecule has 0 N–H and O–H groups in total. The molecule has 5 heteroatoms. The van der Waals surface area contributed by atoms with Crippen molar-refractivity contribution >= 4 is 21.8 Å². The molecule has 0 aliphatic heterocycles. The highest BCUT2D eigenvalue weighted by molar-refractivity contribution is 5.94. The first-order chi connectivity index (χ1) is 12.4. The number of hydrogen-bond acceptors (Lipinski definition) is 5. The van der Waals surface area contributed by atoms with Gasteiger partial charge < -0.3 is 4.42 Å². The average Bonchev–Trinajstić information content (AvgIpc) is 3.17. The summed E-state index contributed by atoms with van der Waals surface area (Å²) in [6, 6.07) is 19.9. The number of fused-ring (bicyclic) bond motifs is 2. The van der Waals surface area contributed by atoms with Gasteiger partial charge in [-0.1, -0.05) is 36.4 Å². The molecule has 2 heterocycles. The highest BCUT2D eigenvalue weighted by atomic mass is 16.4. The van der Waals surface area contributed by atoms with Gasteiger partial charge in [0, 0.05) is 23.5 Å². The maximum Gasteiger partial charge on any atom is 0.248 e. The smallest absolute Gasteiger partial charge is 0.248 e. The summed E-state index contributed by atoms with van der Waals surface area (Å²) in [5.74, 6) is 0.974. The molecule has 0 spiro atoms. The lowest BCUT2D eigenvalue weighted by atomic mass is 10.0. The third-order valence-corrected chi connectivity index (χ3v) is 4.16. The molecule has 0 aliphatic rings. The van der Waals surface area contributed by atoms with Crippen LogP contribution < -0.4 is 0 Å². The van der Waals surface area contributed by atoms with E-state index >= 15 is 0 Å². The van der Waals surface area contributed by atoms with Crippen LogP contribution >= 0.6 is 0 Å². The first kappa shape index (κ1) is 13.8. The third kappa shape index (κ3) is 2.33. The first-order valence-electron chi connectivity index (χ1n) is 7.91. The maximum absolute atomic E-state index is 5.94. The van der Waals surface area contributed by atoms with Crippen molar-refractivity contribution in [2.24, 2.45) is 0 Å². The lowest BCUT2D eigenvalue weighted by Gasteiger charge is -2.02. The fourth-order valence-corrected chi connectivity index (χ4v) is 2.96. The SMILES string of the molecule is c1ccc2c(-c3nnc(-c4ccc5nccnc5c4)o3)cccc2c1. The number of rotatable bonds is 2. The molecule has 0 radical (unpaired) electrons. The van der Waals surface area contributed by atoms with Crippen molar-refractivity contribution in [2.45, 2.75) is 0 Å². The molecule has 0 saturated heterocycles. The third-order valence-electron chi connectivity index (χ3n) is 4.16. The van der Waals surface area contributed by atoms with Crippen LogP contribution in [0.2, 0.25) is 0 Å². The molecule has 5 rings (SSSR count). The minimum atomic E-state index is 0.468. The number of benzene rings is 3. The lowest BCUT2D eigenvalue weighted by molar-refractivity contribution is 0.585. The largest absolute Gasteiger partial charge is 0.416 e. The van der Waals surface area contributed by atoms with Crippen LogP contribution in [0.1, 0.15) is 0 Å². The molecule has 0 saturated carbocycles. The van der Waals surface area contributed by atoms with Gasteiger partial charge in [-0.05, 0) is 35.0 Å². The molecule has 118 valence electrons. The second-order valence-corrected chi connectivity index (χ2v) is 5.70. The molecule has 0 bridgehead atoms. The van der Waals surface area contributed by atoms with Crippen LogP contribution in [-0.2, 0) is 0 Å². The number of hydrogen-bond donors (Lipinski definition) is 0. The van der Waals surface area contributed by atoms with Gasteiger partial charge in [-0.2, -0.15) is 0 Å². The van der Waals surface area contributed by atoms with Crippen molar-refractivity contribution in [3.8, 4) is 22.9 Å². The van der Waals surface area contributed by atoms with Gasteiger partial charge in [0.05, 0.1) is 11.0 Å². The Hall–Kier alpha value is -3.60. The predicted molar refractivity (Wildman–Crippen MR) is 95.8 cm³/mol. The van der Waals surface area contributed by atoms with Gasteiger partial charge in [-0.25, -0.2) is 0 Å². The minimum Gasteiger partial charge on any atom is -0.416 e. The van der Waals surface area contributed by atoms with Gasteiger partial charge in [0.25, 0.3) is 0 Å². The van der Waals surface area contributed by atoms with Crippen molar-refractivity contribution in [3.05, 3.63) is 73.1 Å². The fourth-order valence-electron chi connectivity index (χ4n) is 2.96. The molecule has 3 aromatic carbocycles. The van der Waals surface area contributed by atoms with Crippen LogP contribution in [0.4, 0.5) is 0 Å².